The maximum Gasteiger partial charge on any atom is 0.265 e. The number of hydrogen-bond donors (Lipinski definition) is 3. The van der Waals surface area contributed by atoms with E-state index in [1.807, 2.05) is 44.4 Å². The van der Waals surface area contributed by atoms with Gasteiger partial charge in [-0.2, -0.15) is 0 Å². The van der Waals surface area contributed by atoms with Crippen LogP contribution in [-0.4, -0.2) is 31.3 Å². The number of nitrogens with one attached hydrogen (secondary N) is 3. The summed E-state index contributed by atoms with van der Waals surface area (Å²) >= 11 is 1.40. The van der Waals surface area contributed by atoms with Gasteiger partial charge in [0.25, 0.3) is 11.8 Å². The first-order chi connectivity index (χ1) is 18.9. The van der Waals surface area contributed by atoms with E-state index in [4.69, 9.17) is 0 Å². The minimum Gasteiger partial charge on any atom is -0.346 e. The van der Waals surface area contributed by atoms with E-state index in [2.05, 4.69) is 25.6 Å². The molecule has 0 radical (unpaired) electrons. The molecule has 39 heavy (non-hydrogen) atoms. The lowest BCUT2D eigenvalue weighted by molar-refractivity contribution is 0.102. The van der Waals surface area contributed by atoms with Gasteiger partial charge >= 0.3 is 0 Å². The second kappa shape index (κ2) is 9.80. The van der Waals surface area contributed by atoms with Gasteiger partial charge in [0, 0.05) is 56.7 Å². The molecule has 8 nitrogen and oxygen atoms in total. The molecular formula is C29H23FN6O2S. The monoisotopic (exact) mass is 538 g/mol. The van der Waals surface area contributed by atoms with Crippen molar-refractivity contribution < 1.29 is 14.0 Å². The Morgan fingerprint density at radius 2 is 1.90 bits per heavy atom. The highest BCUT2D eigenvalue weighted by molar-refractivity contribution is 7.21. The molecule has 2 aromatic carbocycles. The van der Waals surface area contributed by atoms with E-state index in [9.17, 15) is 14.0 Å². The molecule has 0 aliphatic carbocycles. The predicted molar refractivity (Wildman–Crippen MR) is 152 cm³/mol. The molecule has 4 heterocycles. The fraction of sp³-hybridized carbons (Fsp3) is 0.103. The number of benzene rings is 2. The molecule has 10 heteroatoms. The molecule has 4 aromatic heterocycles. The molecule has 0 fully saturated rings. The van der Waals surface area contributed by atoms with Gasteiger partial charge in [-0.1, -0.05) is 6.07 Å². The molecule has 6 aromatic rings. The second-order valence-electron chi connectivity index (χ2n) is 9.28. The highest BCUT2D eigenvalue weighted by Gasteiger charge is 2.16. The molecule has 0 aliphatic heterocycles. The minimum absolute atomic E-state index is 0.248. The number of pyridine rings is 1. The molecule has 2 amide bonds. The highest BCUT2D eigenvalue weighted by atomic mass is 32.1. The number of thiophene rings is 1. The van der Waals surface area contributed by atoms with E-state index < -0.39 is 12.6 Å². The fourth-order valence-corrected chi connectivity index (χ4v) is 5.48. The highest BCUT2D eigenvalue weighted by Crippen LogP contribution is 2.32. The van der Waals surface area contributed by atoms with E-state index in [-0.39, 0.29) is 5.91 Å². The van der Waals surface area contributed by atoms with Gasteiger partial charge in [0.1, 0.15) is 12.3 Å². The molecule has 0 spiro atoms. The van der Waals surface area contributed by atoms with Gasteiger partial charge in [0.15, 0.2) is 0 Å². The van der Waals surface area contributed by atoms with Crippen LogP contribution in [0, 0.1) is 13.8 Å². The number of aryl methyl sites for hydroxylation is 2. The molecule has 0 aliphatic rings. The number of anilines is 2. The van der Waals surface area contributed by atoms with Gasteiger partial charge in [-0.15, -0.1) is 11.3 Å². The van der Waals surface area contributed by atoms with Crippen LogP contribution < -0.4 is 10.6 Å². The third-order valence-electron chi connectivity index (χ3n) is 6.43. The van der Waals surface area contributed by atoms with Crippen molar-refractivity contribution in [2.24, 2.45) is 0 Å². The number of fused-ring (bicyclic) bond motifs is 3. The molecular weight excluding hydrogens is 515 g/mol. The Kier molecular flexibility index (Phi) is 6.16. The predicted octanol–water partition coefficient (Wildman–Crippen LogP) is 6.55. The topological polar surface area (TPSA) is 105 Å². The molecule has 0 bridgehead atoms. The van der Waals surface area contributed by atoms with Crippen LogP contribution in [0.2, 0.25) is 0 Å². The van der Waals surface area contributed by atoms with Crippen molar-refractivity contribution in [2.45, 2.75) is 20.5 Å². The smallest absolute Gasteiger partial charge is 0.265 e. The molecule has 0 unspecified atom stereocenters. The number of amides is 2. The normalized spacial score (nSPS) is 11.3. The molecule has 0 atom stereocenters. The summed E-state index contributed by atoms with van der Waals surface area (Å²) in [6, 6.07) is 14.0. The maximum atomic E-state index is 13.6. The largest absolute Gasteiger partial charge is 0.346 e. The number of H-pyrrole nitrogens is 1. The van der Waals surface area contributed by atoms with Crippen molar-refractivity contribution in [1.29, 1.82) is 0 Å². The van der Waals surface area contributed by atoms with Crippen LogP contribution in [0.1, 0.15) is 36.9 Å². The number of rotatable bonds is 6. The second-order valence-corrected chi connectivity index (χ2v) is 10.3. The standard InChI is InChI=1S/C29H23FN6O2S/c1-16-3-4-21(34-28(37)19-7-18(12-30)8-22(9-19)36-14-17(2)33-15-36)11-24(16)35-29(38)25-10-20-13-32-27-23(5-6-31-27)26(20)39-25/h3-11,13-15H,12H2,1-2H3,(H,31,32)(H,34,37)(H,35,38). The Morgan fingerprint density at radius 1 is 1.03 bits per heavy atom. The van der Waals surface area contributed by atoms with Crippen LogP contribution >= 0.6 is 11.3 Å². The summed E-state index contributed by atoms with van der Waals surface area (Å²) in [5.41, 5.74) is 4.85. The van der Waals surface area contributed by atoms with Gasteiger partial charge in [-0.25, -0.2) is 14.4 Å². The van der Waals surface area contributed by atoms with E-state index in [0.29, 0.717) is 33.1 Å². The SMILES string of the molecule is Cc1cn(-c2cc(CF)cc(C(=O)Nc3ccc(C)c(NC(=O)c4cc5cnc6[nH]ccc6c5s4)c3)c2)cn1. The zero-order valence-corrected chi connectivity index (χ0v) is 21.9. The third kappa shape index (κ3) is 4.77. The molecule has 3 N–H and O–H groups in total. The quantitative estimate of drug-likeness (QED) is 0.224. The van der Waals surface area contributed by atoms with Gasteiger partial charge in [0.05, 0.1) is 16.9 Å². The van der Waals surface area contributed by atoms with E-state index in [1.54, 1.807) is 41.4 Å². The summed E-state index contributed by atoms with van der Waals surface area (Å²) in [5.74, 6) is -0.639. The van der Waals surface area contributed by atoms with Crippen molar-refractivity contribution in [2.75, 3.05) is 10.6 Å². The number of nitrogens with zero attached hydrogens (tertiary/aromatic N) is 3. The zero-order chi connectivity index (χ0) is 27.1. The lowest BCUT2D eigenvalue weighted by atomic mass is 10.1. The maximum absolute atomic E-state index is 13.6. The van der Waals surface area contributed by atoms with Crippen molar-refractivity contribution in [1.82, 2.24) is 19.5 Å². The first-order valence-corrected chi connectivity index (χ1v) is 13.0. The van der Waals surface area contributed by atoms with Crippen LogP contribution in [0.15, 0.2) is 73.4 Å². The van der Waals surface area contributed by atoms with E-state index >= 15 is 0 Å². The Balaban J connectivity index is 1.23. The summed E-state index contributed by atoms with van der Waals surface area (Å²) in [7, 11) is 0. The van der Waals surface area contributed by atoms with E-state index in [0.717, 1.165) is 32.4 Å². The van der Waals surface area contributed by atoms with Crippen LogP contribution in [0.25, 0.3) is 26.8 Å². The number of halogens is 1. The molecule has 0 saturated heterocycles. The number of aromatic amines is 1. The number of aromatic nitrogens is 4. The zero-order valence-electron chi connectivity index (χ0n) is 21.1. The fourth-order valence-electron chi connectivity index (χ4n) is 4.42. The van der Waals surface area contributed by atoms with Crippen molar-refractivity contribution in [3.8, 4) is 5.69 Å². The number of alkyl halides is 1. The van der Waals surface area contributed by atoms with Gasteiger partial charge in [-0.05, 0) is 67.4 Å². The van der Waals surface area contributed by atoms with Gasteiger partial charge < -0.3 is 20.2 Å². The summed E-state index contributed by atoms with van der Waals surface area (Å²) in [6.45, 7) is 3.03. The molecule has 194 valence electrons. The third-order valence-corrected chi connectivity index (χ3v) is 7.62. The van der Waals surface area contributed by atoms with E-state index in [1.165, 1.54) is 17.4 Å². The summed E-state index contributed by atoms with van der Waals surface area (Å²) in [4.78, 5) is 38.5. The molecule has 0 saturated carbocycles. The van der Waals surface area contributed by atoms with Crippen LogP contribution in [0.4, 0.5) is 15.8 Å². The average molecular weight is 539 g/mol. The summed E-state index contributed by atoms with van der Waals surface area (Å²) < 4.78 is 16.3. The number of hydrogen-bond acceptors (Lipinski definition) is 5. The Labute approximate surface area is 226 Å². The summed E-state index contributed by atoms with van der Waals surface area (Å²) in [5, 5.41) is 7.70. The first kappa shape index (κ1) is 24.5. The Morgan fingerprint density at radius 3 is 2.69 bits per heavy atom. The average Bonchev–Trinajstić information content (AvgIpc) is 3.69. The minimum atomic E-state index is -0.702. The summed E-state index contributed by atoms with van der Waals surface area (Å²) in [6.07, 6.45) is 7.01. The number of carbonyl (C=O) groups is 2. The van der Waals surface area contributed by atoms with Gasteiger partial charge in [-0.3, -0.25) is 9.59 Å². The van der Waals surface area contributed by atoms with Crippen LogP contribution in [-0.2, 0) is 6.67 Å². The first-order valence-electron chi connectivity index (χ1n) is 12.2. The van der Waals surface area contributed by atoms with Crippen LogP contribution in [0.3, 0.4) is 0 Å². The number of carbonyl (C=O) groups excluding carboxylic acids is 2. The number of imidazole rings is 1. The van der Waals surface area contributed by atoms with Gasteiger partial charge in [0.2, 0.25) is 0 Å². The Hall–Kier alpha value is -4.83. The Bertz CT molecular complexity index is 1890. The lowest BCUT2D eigenvalue weighted by Gasteiger charge is -2.12. The van der Waals surface area contributed by atoms with Crippen molar-refractivity contribution in [3.63, 3.8) is 0 Å². The van der Waals surface area contributed by atoms with Crippen LogP contribution in [0.5, 0.6) is 0 Å². The lowest BCUT2D eigenvalue weighted by Crippen LogP contribution is -2.14. The molecule has 6 rings (SSSR count). The van der Waals surface area contributed by atoms with Crippen molar-refractivity contribution >= 4 is 55.6 Å². The van der Waals surface area contributed by atoms with Crippen molar-refractivity contribution in [3.05, 3.63) is 101 Å².